The first-order chi connectivity index (χ1) is 12.7. The summed E-state index contributed by atoms with van der Waals surface area (Å²) in [5, 5.41) is 4.42. The SMILES string of the molecule is Cc1ccc(S(=O)(=O)Nc2c(C)nn(Cc3cccc(F)c3)c2C)c(C)c1. The van der Waals surface area contributed by atoms with Crippen molar-refractivity contribution in [3.63, 3.8) is 0 Å². The van der Waals surface area contributed by atoms with Gasteiger partial charge in [0.15, 0.2) is 0 Å². The van der Waals surface area contributed by atoms with Gasteiger partial charge in [-0.05, 0) is 57.0 Å². The molecule has 0 radical (unpaired) electrons. The summed E-state index contributed by atoms with van der Waals surface area (Å²) in [4.78, 5) is 0.241. The van der Waals surface area contributed by atoms with Crippen molar-refractivity contribution in [3.8, 4) is 0 Å². The molecule has 3 aromatic rings. The van der Waals surface area contributed by atoms with E-state index in [4.69, 9.17) is 0 Å². The van der Waals surface area contributed by atoms with Gasteiger partial charge in [-0.15, -0.1) is 0 Å². The second-order valence-corrected chi connectivity index (χ2v) is 8.36. The molecule has 0 saturated carbocycles. The molecule has 0 unspecified atom stereocenters. The zero-order valence-electron chi connectivity index (χ0n) is 15.7. The van der Waals surface area contributed by atoms with Crippen LogP contribution in [-0.4, -0.2) is 18.2 Å². The van der Waals surface area contributed by atoms with Gasteiger partial charge in [0.1, 0.15) is 5.82 Å². The van der Waals surface area contributed by atoms with E-state index in [-0.39, 0.29) is 10.7 Å². The van der Waals surface area contributed by atoms with Gasteiger partial charge in [-0.25, -0.2) is 12.8 Å². The van der Waals surface area contributed by atoms with Crippen LogP contribution < -0.4 is 4.72 Å². The Hall–Kier alpha value is -2.67. The van der Waals surface area contributed by atoms with Gasteiger partial charge in [0.2, 0.25) is 0 Å². The van der Waals surface area contributed by atoms with E-state index in [2.05, 4.69) is 9.82 Å². The summed E-state index contributed by atoms with van der Waals surface area (Å²) in [6.45, 7) is 7.58. The lowest BCUT2D eigenvalue weighted by molar-refractivity contribution is 0.600. The van der Waals surface area contributed by atoms with E-state index in [1.54, 1.807) is 49.7 Å². The summed E-state index contributed by atoms with van der Waals surface area (Å²) in [5.74, 6) is -0.315. The van der Waals surface area contributed by atoms with E-state index in [1.807, 2.05) is 13.0 Å². The number of hydrogen-bond donors (Lipinski definition) is 1. The number of aryl methyl sites for hydroxylation is 3. The molecule has 1 aromatic heterocycles. The number of aromatic nitrogens is 2. The maximum atomic E-state index is 13.4. The number of halogens is 1. The molecule has 0 amide bonds. The van der Waals surface area contributed by atoms with Crippen LogP contribution in [0.15, 0.2) is 47.4 Å². The zero-order chi connectivity index (χ0) is 19.8. The fourth-order valence-electron chi connectivity index (χ4n) is 3.10. The van der Waals surface area contributed by atoms with Gasteiger partial charge in [0.25, 0.3) is 10.0 Å². The minimum Gasteiger partial charge on any atom is -0.276 e. The van der Waals surface area contributed by atoms with E-state index in [0.29, 0.717) is 29.2 Å². The molecule has 0 saturated heterocycles. The van der Waals surface area contributed by atoms with Crippen molar-refractivity contribution in [3.05, 3.63) is 76.4 Å². The highest BCUT2D eigenvalue weighted by Crippen LogP contribution is 2.25. The molecule has 142 valence electrons. The molecule has 0 fully saturated rings. The molecule has 5 nitrogen and oxygen atoms in total. The topological polar surface area (TPSA) is 64.0 Å². The maximum Gasteiger partial charge on any atom is 0.262 e. The Morgan fingerprint density at radius 1 is 1.07 bits per heavy atom. The van der Waals surface area contributed by atoms with E-state index < -0.39 is 10.0 Å². The molecular weight excluding hydrogens is 365 g/mol. The summed E-state index contributed by atoms with van der Waals surface area (Å²) >= 11 is 0. The van der Waals surface area contributed by atoms with Crippen molar-refractivity contribution in [2.24, 2.45) is 0 Å². The largest absolute Gasteiger partial charge is 0.276 e. The van der Waals surface area contributed by atoms with Gasteiger partial charge in [-0.3, -0.25) is 9.40 Å². The smallest absolute Gasteiger partial charge is 0.262 e. The van der Waals surface area contributed by atoms with Crippen LogP contribution in [0.4, 0.5) is 10.1 Å². The van der Waals surface area contributed by atoms with Crippen molar-refractivity contribution in [2.45, 2.75) is 39.1 Å². The second kappa shape index (κ2) is 7.15. The molecule has 7 heteroatoms. The molecule has 3 rings (SSSR count). The van der Waals surface area contributed by atoms with Gasteiger partial charge in [-0.2, -0.15) is 5.10 Å². The highest BCUT2D eigenvalue weighted by molar-refractivity contribution is 7.92. The van der Waals surface area contributed by atoms with Crippen molar-refractivity contribution in [1.82, 2.24) is 9.78 Å². The minimum atomic E-state index is -3.74. The summed E-state index contributed by atoms with van der Waals surface area (Å²) in [6.07, 6.45) is 0. The molecular formula is C20H22FN3O2S. The maximum absolute atomic E-state index is 13.4. The van der Waals surface area contributed by atoms with Gasteiger partial charge in [0.05, 0.1) is 28.5 Å². The van der Waals surface area contributed by atoms with E-state index in [9.17, 15) is 12.8 Å². The molecule has 0 aliphatic heterocycles. The lowest BCUT2D eigenvalue weighted by Gasteiger charge is -2.11. The van der Waals surface area contributed by atoms with Crippen LogP contribution in [0.25, 0.3) is 0 Å². The monoisotopic (exact) mass is 387 g/mol. The fourth-order valence-corrected chi connectivity index (χ4v) is 4.50. The quantitative estimate of drug-likeness (QED) is 0.717. The van der Waals surface area contributed by atoms with Crippen molar-refractivity contribution in [1.29, 1.82) is 0 Å². The molecule has 27 heavy (non-hydrogen) atoms. The lowest BCUT2D eigenvalue weighted by Crippen LogP contribution is -2.15. The Balaban J connectivity index is 1.92. The number of hydrogen-bond acceptors (Lipinski definition) is 3. The minimum absolute atomic E-state index is 0.241. The number of benzene rings is 2. The normalized spacial score (nSPS) is 11.6. The standard InChI is InChI=1S/C20H22FN3O2S/c1-13-8-9-19(14(2)10-13)27(25,26)23-20-15(3)22-24(16(20)4)12-17-6-5-7-18(21)11-17/h5-11,23H,12H2,1-4H3. The van der Waals surface area contributed by atoms with Crippen LogP contribution in [0.5, 0.6) is 0 Å². The Morgan fingerprint density at radius 3 is 2.48 bits per heavy atom. The summed E-state index contributed by atoms with van der Waals surface area (Å²) in [6, 6.07) is 11.5. The van der Waals surface area contributed by atoms with Gasteiger partial charge in [0, 0.05) is 0 Å². The number of rotatable bonds is 5. The van der Waals surface area contributed by atoms with Gasteiger partial charge >= 0.3 is 0 Å². The highest BCUT2D eigenvalue weighted by atomic mass is 32.2. The third-order valence-electron chi connectivity index (χ3n) is 4.46. The zero-order valence-corrected chi connectivity index (χ0v) is 16.6. The Kier molecular flexibility index (Phi) is 5.06. The predicted molar refractivity (Wildman–Crippen MR) is 104 cm³/mol. The molecule has 2 aromatic carbocycles. The van der Waals surface area contributed by atoms with Crippen molar-refractivity contribution in [2.75, 3.05) is 4.72 Å². The number of nitrogens with zero attached hydrogens (tertiary/aromatic N) is 2. The van der Waals surface area contributed by atoms with E-state index in [1.165, 1.54) is 12.1 Å². The van der Waals surface area contributed by atoms with Crippen molar-refractivity contribution >= 4 is 15.7 Å². The first-order valence-electron chi connectivity index (χ1n) is 8.56. The summed E-state index contributed by atoms with van der Waals surface area (Å²) in [7, 11) is -3.74. The van der Waals surface area contributed by atoms with E-state index >= 15 is 0 Å². The van der Waals surface area contributed by atoms with Crippen LogP contribution in [0.2, 0.25) is 0 Å². The van der Waals surface area contributed by atoms with Crippen LogP contribution in [0, 0.1) is 33.5 Å². The van der Waals surface area contributed by atoms with Crippen LogP contribution in [0.1, 0.15) is 28.1 Å². The molecule has 0 aliphatic carbocycles. The van der Waals surface area contributed by atoms with Crippen LogP contribution in [-0.2, 0) is 16.6 Å². The second-order valence-electron chi connectivity index (χ2n) is 6.71. The summed E-state index contributed by atoms with van der Waals surface area (Å²) in [5.41, 5.74) is 4.13. The Bertz CT molecular complexity index is 1100. The molecule has 0 spiro atoms. The van der Waals surface area contributed by atoms with Crippen LogP contribution >= 0.6 is 0 Å². The molecule has 1 N–H and O–H groups in total. The predicted octanol–water partition coefficient (Wildman–Crippen LogP) is 4.10. The fraction of sp³-hybridized carbons (Fsp3) is 0.250. The third-order valence-corrected chi connectivity index (χ3v) is 5.97. The number of anilines is 1. The average Bonchev–Trinajstić information content (AvgIpc) is 2.81. The lowest BCUT2D eigenvalue weighted by atomic mass is 10.2. The molecule has 0 bridgehead atoms. The third kappa shape index (κ3) is 4.03. The molecule has 1 heterocycles. The first kappa shape index (κ1) is 19.1. The Morgan fingerprint density at radius 2 is 1.81 bits per heavy atom. The van der Waals surface area contributed by atoms with Crippen molar-refractivity contribution < 1.29 is 12.8 Å². The van der Waals surface area contributed by atoms with E-state index in [0.717, 1.165) is 11.1 Å². The van der Waals surface area contributed by atoms with Crippen LogP contribution in [0.3, 0.4) is 0 Å². The van der Waals surface area contributed by atoms with Gasteiger partial charge in [-0.1, -0.05) is 29.8 Å². The summed E-state index contributed by atoms with van der Waals surface area (Å²) < 4.78 is 43.4. The molecule has 0 atom stereocenters. The average molecular weight is 387 g/mol. The first-order valence-corrected chi connectivity index (χ1v) is 10.0. The Labute approximate surface area is 158 Å². The van der Waals surface area contributed by atoms with Gasteiger partial charge < -0.3 is 0 Å². The number of sulfonamides is 1. The molecule has 0 aliphatic rings. The number of nitrogens with one attached hydrogen (secondary N) is 1. The highest BCUT2D eigenvalue weighted by Gasteiger charge is 2.21.